The number of carboxylic acids is 1. The molecule has 2 aliphatic rings. The van der Waals surface area contributed by atoms with E-state index in [4.69, 9.17) is 5.11 Å². The summed E-state index contributed by atoms with van der Waals surface area (Å²) in [5, 5.41) is 21.7. The Bertz CT molecular complexity index is 374. The molecule has 0 bridgehead atoms. The van der Waals surface area contributed by atoms with Gasteiger partial charge in [0.15, 0.2) is 0 Å². The highest BCUT2D eigenvalue weighted by Crippen LogP contribution is 2.24. The number of hydrogen-bond acceptors (Lipinski definition) is 3. The minimum absolute atomic E-state index is 0.101. The summed E-state index contributed by atoms with van der Waals surface area (Å²) in [5.41, 5.74) is 0. The second kappa shape index (κ2) is 6.43. The molecule has 1 saturated carbocycles. The standard InChI is InChI=1S/C14H24N2O4/c1-9-5-3-2-4-6-11(9)15-14(20)16-8-10(17)7-12(16)13(18)19/h9-12,17H,2-8H2,1H3,(H,15,20)(H,18,19)/t9?,10-,11?,12-/m0/s1. The molecule has 4 atom stereocenters. The van der Waals surface area contributed by atoms with Crippen LogP contribution in [0.3, 0.4) is 0 Å². The molecule has 20 heavy (non-hydrogen) atoms. The Hall–Kier alpha value is -1.30. The van der Waals surface area contributed by atoms with Gasteiger partial charge in [-0.05, 0) is 18.8 Å². The van der Waals surface area contributed by atoms with Crippen molar-refractivity contribution in [3.05, 3.63) is 0 Å². The van der Waals surface area contributed by atoms with E-state index in [2.05, 4.69) is 12.2 Å². The first-order valence-corrected chi connectivity index (χ1v) is 7.47. The van der Waals surface area contributed by atoms with Gasteiger partial charge in [0.25, 0.3) is 0 Å². The highest BCUT2D eigenvalue weighted by molar-refractivity contribution is 5.83. The number of carboxylic acid groups (broad SMARTS) is 1. The topological polar surface area (TPSA) is 89.9 Å². The summed E-state index contributed by atoms with van der Waals surface area (Å²) in [6.45, 7) is 2.23. The summed E-state index contributed by atoms with van der Waals surface area (Å²) < 4.78 is 0. The van der Waals surface area contributed by atoms with Gasteiger partial charge in [-0.2, -0.15) is 0 Å². The molecular weight excluding hydrogens is 260 g/mol. The average Bonchev–Trinajstić information content (AvgIpc) is 2.68. The first-order chi connectivity index (χ1) is 9.49. The molecule has 1 aliphatic heterocycles. The van der Waals surface area contributed by atoms with Crippen molar-refractivity contribution in [1.29, 1.82) is 0 Å². The zero-order chi connectivity index (χ0) is 14.7. The lowest BCUT2D eigenvalue weighted by Gasteiger charge is -2.28. The highest BCUT2D eigenvalue weighted by atomic mass is 16.4. The maximum atomic E-state index is 12.3. The van der Waals surface area contributed by atoms with Crippen LogP contribution in [0.2, 0.25) is 0 Å². The molecule has 1 aliphatic carbocycles. The Morgan fingerprint density at radius 1 is 1.20 bits per heavy atom. The molecule has 1 saturated heterocycles. The van der Waals surface area contributed by atoms with Crippen molar-refractivity contribution in [3.8, 4) is 0 Å². The number of rotatable bonds is 2. The number of nitrogens with zero attached hydrogens (tertiary/aromatic N) is 1. The number of aliphatic hydroxyl groups excluding tert-OH is 1. The summed E-state index contributed by atoms with van der Waals surface area (Å²) in [5.74, 6) is -0.636. The summed E-state index contributed by atoms with van der Waals surface area (Å²) in [6.07, 6.45) is 4.89. The third-order valence-corrected chi connectivity index (χ3v) is 4.50. The summed E-state index contributed by atoms with van der Waals surface area (Å²) in [7, 11) is 0. The smallest absolute Gasteiger partial charge is 0.326 e. The molecule has 6 heteroatoms. The second-order valence-corrected chi connectivity index (χ2v) is 6.07. The van der Waals surface area contributed by atoms with E-state index in [9.17, 15) is 14.7 Å². The average molecular weight is 284 g/mol. The molecule has 0 aromatic heterocycles. The van der Waals surface area contributed by atoms with Crippen molar-refractivity contribution in [2.24, 2.45) is 5.92 Å². The molecule has 0 radical (unpaired) electrons. The maximum absolute atomic E-state index is 12.3. The number of urea groups is 1. The van der Waals surface area contributed by atoms with Crippen LogP contribution in [0.15, 0.2) is 0 Å². The predicted molar refractivity (Wildman–Crippen MR) is 73.3 cm³/mol. The lowest BCUT2D eigenvalue weighted by molar-refractivity contribution is -0.141. The normalized spacial score (nSPS) is 34.6. The number of carbonyl (C=O) groups excluding carboxylic acids is 1. The van der Waals surface area contributed by atoms with Gasteiger partial charge in [0.05, 0.1) is 6.10 Å². The lowest BCUT2D eigenvalue weighted by Crippen LogP contribution is -2.50. The van der Waals surface area contributed by atoms with Gasteiger partial charge < -0.3 is 20.4 Å². The Morgan fingerprint density at radius 3 is 2.60 bits per heavy atom. The molecular formula is C14H24N2O4. The van der Waals surface area contributed by atoms with Crippen LogP contribution in [0.1, 0.15) is 45.4 Å². The van der Waals surface area contributed by atoms with Gasteiger partial charge in [-0.3, -0.25) is 0 Å². The van der Waals surface area contributed by atoms with Crippen LogP contribution in [-0.4, -0.2) is 51.8 Å². The zero-order valence-corrected chi connectivity index (χ0v) is 11.9. The van der Waals surface area contributed by atoms with E-state index >= 15 is 0 Å². The zero-order valence-electron chi connectivity index (χ0n) is 11.9. The fraction of sp³-hybridized carbons (Fsp3) is 0.857. The molecule has 2 fully saturated rings. The van der Waals surface area contributed by atoms with Crippen LogP contribution in [0.5, 0.6) is 0 Å². The van der Waals surface area contributed by atoms with Crippen molar-refractivity contribution in [3.63, 3.8) is 0 Å². The number of carbonyl (C=O) groups is 2. The van der Waals surface area contributed by atoms with Gasteiger partial charge in [-0.1, -0.05) is 26.2 Å². The molecule has 114 valence electrons. The van der Waals surface area contributed by atoms with Gasteiger partial charge in [0, 0.05) is 19.0 Å². The molecule has 0 aromatic carbocycles. The Morgan fingerprint density at radius 2 is 1.90 bits per heavy atom. The summed E-state index contributed by atoms with van der Waals surface area (Å²) >= 11 is 0. The first kappa shape index (κ1) is 15.1. The number of β-amino-alcohol motifs (C(OH)–C–C–N with tert-alkyl or cyclic N) is 1. The SMILES string of the molecule is CC1CCCCCC1NC(=O)N1C[C@@H](O)C[C@H]1C(=O)O. The van der Waals surface area contributed by atoms with Crippen molar-refractivity contribution >= 4 is 12.0 Å². The lowest BCUT2D eigenvalue weighted by atomic mass is 9.97. The van der Waals surface area contributed by atoms with Crippen molar-refractivity contribution in [2.75, 3.05) is 6.54 Å². The fourth-order valence-corrected chi connectivity index (χ4v) is 3.22. The Labute approximate surface area is 119 Å². The second-order valence-electron chi connectivity index (χ2n) is 6.07. The first-order valence-electron chi connectivity index (χ1n) is 7.47. The van der Waals surface area contributed by atoms with Crippen molar-refractivity contribution in [2.45, 2.75) is 63.6 Å². The van der Waals surface area contributed by atoms with E-state index in [0.717, 1.165) is 19.3 Å². The molecule has 0 aromatic rings. The Balaban J connectivity index is 1.97. The number of aliphatic carboxylic acids is 1. The van der Waals surface area contributed by atoms with Crippen LogP contribution < -0.4 is 5.32 Å². The maximum Gasteiger partial charge on any atom is 0.326 e. The molecule has 6 nitrogen and oxygen atoms in total. The molecule has 2 unspecified atom stereocenters. The van der Waals surface area contributed by atoms with E-state index in [-0.39, 0.29) is 25.0 Å². The number of likely N-dealkylation sites (tertiary alicyclic amines) is 1. The highest BCUT2D eigenvalue weighted by Gasteiger charge is 2.39. The van der Waals surface area contributed by atoms with Gasteiger partial charge >= 0.3 is 12.0 Å². The molecule has 0 spiro atoms. The van der Waals surface area contributed by atoms with E-state index in [1.165, 1.54) is 17.7 Å². The molecule has 2 rings (SSSR count). The van der Waals surface area contributed by atoms with Crippen LogP contribution in [0.4, 0.5) is 4.79 Å². The van der Waals surface area contributed by atoms with Crippen LogP contribution in [0.25, 0.3) is 0 Å². The number of hydrogen-bond donors (Lipinski definition) is 3. The van der Waals surface area contributed by atoms with E-state index in [1.807, 2.05) is 0 Å². The minimum atomic E-state index is -1.05. The quantitative estimate of drug-likeness (QED) is 0.664. The third-order valence-electron chi connectivity index (χ3n) is 4.50. The van der Waals surface area contributed by atoms with Crippen LogP contribution >= 0.6 is 0 Å². The van der Waals surface area contributed by atoms with Crippen molar-refractivity contribution < 1.29 is 19.8 Å². The van der Waals surface area contributed by atoms with Crippen molar-refractivity contribution in [1.82, 2.24) is 10.2 Å². The minimum Gasteiger partial charge on any atom is -0.480 e. The summed E-state index contributed by atoms with van der Waals surface area (Å²) in [4.78, 5) is 24.7. The van der Waals surface area contributed by atoms with Gasteiger partial charge in [0.1, 0.15) is 6.04 Å². The summed E-state index contributed by atoms with van der Waals surface area (Å²) in [6, 6.07) is -1.16. The van der Waals surface area contributed by atoms with Gasteiger partial charge in [0.2, 0.25) is 0 Å². The largest absolute Gasteiger partial charge is 0.480 e. The van der Waals surface area contributed by atoms with E-state index in [1.54, 1.807) is 0 Å². The predicted octanol–water partition coefficient (Wildman–Crippen LogP) is 1.18. The number of nitrogens with one attached hydrogen (secondary N) is 1. The van der Waals surface area contributed by atoms with Gasteiger partial charge in [-0.15, -0.1) is 0 Å². The number of amides is 2. The van der Waals surface area contributed by atoms with Gasteiger partial charge in [-0.25, -0.2) is 9.59 Å². The van der Waals surface area contributed by atoms with Crippen LogP contribution in [-0.2, 0) is 4.79 Å². The Kier molecular flexibility index (Phi) is 4.86. The monoisotopic (exact) mass is 284 g/mol. The molecule has 2 amide bonds. The van der Waals surface area contributed by atoms with E-state index in [0.29, 0.717) is 5.92 Å². The molecule has 3 N–H and O–H groups in total. The third kappa shape index (κ3) is 3.42. The number of aliphatic hydroxyl groups is 1. The van der Waals surface area contributed by atoms with E-state index < -0.39 is 18.1 Å². The van der Waals surface area contributed by atoms with Crippen LogP contribution in [0, 0.1) is 5.92 Å². The fourth-order valence-electron chi connectivity index (χ4n) is 3.22. The molecule has 1 heterocycles.